The predicted octanol–water partition coefficient (Wildman–Crippen LogP) is 3.10. The van der Waals surface area contributed by atoms with Crippen LogP contribution in [0.15, 0.2) is 43.0 Å². The monoisotopic (exact) mass is 275 g/mol. The molecule has 0 fully saturated rings. The molecule has 1 heterocycles. The van der Waals surface area contributed by atoms with Crippen LogP contribution in [-0.2, 0) is 6.54 Å². The zero-order valence-electron chi connectivity index (χ0n) is 11.8. The molecule has 3 nitrogen and oxygen atoms in total. The van der Waals surface area contributed by atoms with Crippen LogP contribution in [0, 0.1) is 0 Å². The first-order valence-corrected chi connectivity index (χ1v) is 7.66. The molecule has 2 aromatic rings. The topological polar surface area (TPSA) is 29.9 Å². The lowest BCUT2D eigenvalue weighted by Gasteiger charge is -2.22. The number of nitrogens with one attached hydrogen (secondary N) is 1. The van der Waals surface area contributed by atoms with Gasteiger partial charge in [-0.1, -0.05) is 12.1 Å². The van der Waals surface area contributed by atoms with Crippen LogP contribution in [0.1, 0.15) is 19.4 Å². The smallest absolute Gasteiger partial charge is 0.0991 e. The zero-order chi connectivity index (χ0) is 13.7. The van der Waals surface area contributed by atoms with Crippen molar-refractivity contribution in [2.75, 3.05) is 12.8 Å². The third kappa shape index (κ3) is 4.11. The quantitative estimate of drug-likeness (QED) is 0.878. The second kappa shape index (κ2) is 6.26. The fourth-order valence-corrected chi connectivity index (χ4v) is 2.02. The second-order valence-electron chi connectivity index (χ2n) is 5.20. The number of thioether (sulfide) groups is 1. The molecule has 102 valence electrons. The molecule has 0 radical (unpaired) electrons. The summed E-state index contributed by atoms with van der Waals surface area (Å²) >= 11 is 1.89. The lowest BCUT2D eigenvalue weighted by Crippen LogP contribution is -2.31. The molecule has 1 aromatic heterocycles. The van der Waals surface area contributed by atoms with Crippen LogP contribution in [0.3, 0.4) is 0 Å². The molecule has 1 aromatic carbocycles. The Kier molecular flexibility index (Phi) is 4.66. The van der Waals surface area contributed by atoms with Crippen molar-refractivity contribution in [2.45, 2.75) is 25.1 Å². The molecule has 0 saturated heterocycles. The van der Waals surface area contributed by atoms with Crippen LogP contribution < -0.4 is 5.32 Å². The molecule has 0 amide bonds. The van der Waals surface area contributed by atoms with Crippen molar-refractivity contribution >= 4 is 11.8 Å². The van der Waals surface area contributed by atoms with Crippen molar-refractivity contribution in [3.05, 3.63) is 48.5 Å². The van der Waals surface area contributed by atoms with Crippen LogP contribution >= 0.6 is 11.8 Å². The Morgan fingerprint density at radius 2 is 2.00 bits per heavy atom. The summed E-state index contributed by atoms with van der Waals surface area (Å²) in [5.41, 5.74) is 2.45. The highest BCUT2D eigenvalue weighted by molar-refractivity contribution is 7.99. The largest absolute Gasteiger partial charge is 0.311 e. The van der Waals surface area contributed by atoms with E-state index in [1.807, 2.05) is 28.9 Å². The van der Waals surface area contributed by atoms with E-state index in [0.717, 1.165) is 18.8 Å². The van der Waals surface area contributed by atoms with Gasteiger partial charge >= 0.3 is 0 Å². The first-order chi connectivity index (χ1) is 9.11. The second-order valence-corrected chi connectivity index (χ2v) is 6.72. The zero-order valence-corrected chi connectivity index (χ0v) is 12.6. The maximum absolute atomic E-state index is 4.06. The average Bonchev–Trinajstić information content (AvgIpc) is 2.93. The van der Waals surface area contributed by atoms with Gasteiger partial charge in [-0.15, -0.1) is 0 Å². The van der Waals surface area contributed by atoms with E-state index >= 15 is 0 Å². The molecule has 19 heavy (non-hydrogen) atoms. The first-order valence-electron chi connectivity index (χ1n) is 6.44. The van der Waals surface area contributed by atoms with Crippen molar-refractivity contribution in [3.63, 3.8) is 0 Å². The molecule has 0 aliphatic rings. The van der Waals surface area contributed by atoms with Crippen molar-refractivity contribution in [2.24, 2.45) is 0 Å². The van der Waals surface area contributed by atoms with Gasteiger partial charge in [0.25, 0.3) is 0 Å². The van der Waals surface area contributed by atoms with E-state index in [-0.39, 0.29) is 4.75 Å². The molecule has 0 atom stereocenters. The van der Waals surface area contributed by atoms with Gasteiger partial charge in [-0.25, -0.2) is 4.98 Å². The Morgan fingerprint density at radius 3 is 2.58 bits per heavy atom. The summed E-state index contributed by atoms with van der Waals surface area (Å²) in [6.07, 6.45) is 7.71. The van der Waals surface area contributed by atoms with Crippen LogP contribution in [0.25, 0.3) is 5.69 Å². The highest BCUT2D eigenvalue weighted by Gasteiger charge is 2.14. The van der Waals surface area contributed by atoms with E-state index in [1.165, 1.54) is 5.56 Å². The van der Waals surface area contributed by atoms with Gasteiger partial charge in [-0.05, 0) is 37.8 Å². The van der Waals surface area contributed by atoms with Crippen LogP contribution in [0.2, 0.25) is 0 Å². The molecule has 0 aliphatic heterocycles. The Hall–Kier alpha value is -1.26. The van der Waals surface area contributed by atoms with Gasteiger partial charge in [0.2, 0.25) is 0 Å². The minimum atomic E-state index is 0.288. The van der Waals surface area contributed by atoms with Gasteiger partial charge in [-0.3, -0.25) is 0 Å². The number of hydrogen-bond donors (Lipinski definition) is 1. The average molecular weight is 275 g/mol. The third-order valence-electron chi connectivity index (χ3n) is 3.17. The fourth-order valence-electron chi connectivity index (χ4n) is 1.78. The molecule has 0 aliphatic carbocycles. The van der Waals surface area contributed by atoms with Gasteiger partial charge in [-0.2, -0.15) is 11.8 Å². The fraction of sp³-hybridized carbons (Fsp3) is 0.400. The van der Waals surface area contributed by atoms with E-state index < -0.39 is 0 Å². The summed E-state index contributed by atoms with van der Waals surface area (Å²) in [7, 11) is 0. The molecule has 0 unspecified atom stereocenters. The summed E-state index contributed by atoms with van der Waals surface area (Å²) in [5.74, 6) is 0. The van der Waals surface area contributed by atoms with E-state index in [0.29, 0.717) is 0 Å². The van der Waals surface area contributed by atoms with Crippen LogP contribution in [0.4, 0.5) is 0 Å². The number of hydrogen-bond acceptors (Lipinski definition) is 3. The SMILES string of the molecule is CSC(C)(C)CNCc1ccc(-n2ccnc2)cc1. The summed E-state index contributed by atoms with van der Waals surface area (Å²) in [5, 5.41) is 3.51. The van der Waals surface area contributed by atoms with E-state index in [4.69, 9.17) is 0 Å². The van der Waals surface area contributed by atoms with Crippen molar-refractivity contribution < 1.29 is 0 Å². The van der Waals surface area contributed by atoms with Gasteiger partial charge < -0.3 is 9.88 Å². The van der Waals surface area contributed by atoms with E-state index in [9.17, 15) is 0 Å². The first kappa shape index (κ1) is 14.2. The van der Waals surface area contributed by atoms with E-state index in [2.05, 4.69) is 54.7 Å². The molecule has 4 heteroatoms. The Morgan fingerprint density at radius 1 is 1.26 bits per heavy atom. The molecule has 0 spiro atoms. The maximum atomic E-state index is 4.06. The summed E-state index contributed by atoms with van der Waals surface area (Å²) < 4.78 is 2.30. The lowest BCUT2D eigenvalue weighted by molar-refractivity contribution is 0.591. The molecule has 0 saturated carbocycles. The van der Waals surface area contributed by atoms with Gasteiger partial charge in [0.05, 0.1) is 6.33 Å². The standard InChI is InChI=1S/C15H21N3S/c1-15(2,19-3)11-17-10-13-4-6-14(7-5-13)18-9-8-16-12-18/h4-9,12,17H,10-11H2,1-3H3. The van der Waals surface area contributed by atoms with Crippen LogP contribution in [0.5, 0.6) is 0 Å². The molecule has 1 N–H and O–H groups in total. The number of nitrogens with zero attached hydrogens (tertiary/aromatic N) is 2. The molecule has 0 bridgehead atoms. The summed E-state index contributed by atoms with van der Waals surface area (Å²) in [4.78, 5) is 4.06. The normalized spacial score (nSPS) is 11.7. The number of rotatable bonds is 6. The number of aromatic nitrogens is 2. The minimum Gasteiger partial charge on any atom is -0.311 e. The van der Waals surface area contributed by atoms with Crippen molar-refractivity contribution in [1.82, 2.24) is 14.9 Å². The van der Waals surface area contributed by atoms with Gasteiger partial charge in [0.15, 0.2) is 0 Å². The summed E-state index contributed by atoms with van der Waals surface area (Å²) in [6, 6.07) is 8.57. The predicted molar refractivity (Wildman–Crippen MR) is 82.9 cm³/mol. The number of imidazole rings is 1. The maximum Gasteiger partial charge on any atom is 0.0991 e. The minimum absolute atomic E-state index is 0.288. The third-order valence-corrected chi connectivity index (χ3v) is 4.42. The molecular formula is C15H21N3S. The van der Waals surface area contributed by atoms with Crippen molar-refractivity contribution in [3.8, 4) is 5.69 Å². The number of benzene rings is 1. The van der Waals surface area contributed by atoms with Gasteiger partial charge in [0.1, 0.15) is 0 Å². The van der Waals surface area contributed by atoms with Crippen molar-refractivity contribution in [1.29, 1.82) is 0 Å². The Labute approximate surface area is 119 Å². The molecule has 2 rings (SSSR count). The Balaban J connectivity index is 1.89. The lowest BCUT2D eigenvalue weighted by atomic mass is 10.1. The van der Waals surface area contributed by atoms with E-state index in [1.54, 1.807) is 6.20 Å². The van der Waals surface area contributed by atoms with Gasteiger partial charge in [0, 0.05) is 35.9 Å². The molecular weight excluding hydrogens is 254 g/mol. The highest BCUT2D eigenvalue weighted by Crippen LogP contribution is 2.19. The Bertz CT molecular complexity index is 489. The highest BCUT2D eigenvalue weighted by atomic mass is 32.2. The van der Waals surface area contributed by atoms with Crippen LogP contribution in [-0.4, -0.2) is 27.1 Å². The summed E-state index contributed by atoms with van der Waals surface area (Å²) in [6.45, 7) is 6.44.